The van der Waals surface area contributed by atoms with Gasteiger partial charge in [0.1, 0.15) is 5.75 Å². The highest BCUT2D eigenvalue weighted by molar-refractivity contribution is 6.35. The molecule has 0 aliphatic carbocycles. The van der Waals surface area contributed by atoms with Gasteiger partial charge in [-0.2, -0.15) is 0 Å². The fraction of sp³-hybridized carbons (Fsp3) is 0.462. The predicted octanol–water partition coefficient (Wildman–Crippen LogP) is 2.44. The minimum absolute atomic E-state index is 0.173. The Morgan fingerprint density at radius 2 is 2.11 bits per heavy atom. The van der Waals surface area contributed by atoms with E-state index < -0.39 is 6.10 Å². The van der Waals surface area contributed by atoms with Crippen LogP contribution in [0.3, 0.4) is 0 Å². The number of likely N-dealkylation sites (N-methyl/N-ethyl adjacent to an activating group) is 1. The Kier molecular flexibility index (Phi) is 6.42. The molecular formula is C13H18Cl2N2O2. The monoisotopic (exact) mass is 304 g/mol. The van der Waals surface area contributed by atoms with E-state index in [4.69, 9.17) is 27.9 Å². The Bertz CT molecular complexity index is 439. The molecule has 0 saturated carbocycles. The van der Waals surface area contributed by atoms with Crippen molar-refractivity contribution in [2.45, 2.75) is 13.0 Å². The minimum atomic E-state index is -0.610. The van der Waals surface area contributed by atoms with Gasteiger partial charge in [0, 0.05) is 18.1 Å². The van der Waals surface area contributed by atoms with E-state index in [0.717, 1.165) is 6.54 Å². The number of carbonyl (C=O) groups is 1. The molecule has 0 aliphatic heterocycles. The highest BCUT2D eigenvalue weighted by Gasteiger charge is 2.15. The second-order valence-corrected chi connectivity index (χ2v) is 5.27. The molecule has 0 saturated heterocycles. The molecule has 0 aromatic heterocycles. The van der Waals surface area contributed by atoms with Gasteiger partial charge in [-0.15, -0.1) is 0 Å². The van der Waals surface area contributed by atoms with E-state index in [1.807, 2.05) is 19.0 Å². The average Bonchev–Trinajstić information content (AvgIpc) is 2.32. The van der Waals surface area contributed by atoms with Crippen LogP contribution >= 0.6 is 23.2 Å². The molecule has 0 spiro atoms. The summed E-state index contributed by atoms with van der Waals surface area (Å²) >= 11 is 11.8. The van der Waals surface area contributed by atoms with E-state index in [2.05, 4.69) is 5.32 Å². The summed E-state index contributed by atoms with van der Waals surface area (Å²) in [6.45, 7) is 3.03. The Morgan fingerprint density at radius 3 is 2.68 bits per heavy atom. The molecule has 0 aliphatic rings. The maximum Gasteiger partial charge on any atom is 0.260 e. The van der Waals surface area contributed by atoms with E-state index in [9.17, 15) is 4.79 Å². The first-order valence-corrected chi connectivity index (χ1v) is 6.70. The lowest BCUT2D eigenvalue weighted by atomic mass is 10.3. The molecule has 6 heteroatoms. The topological polar surface area (TPSA) is 41.6 Å². The summed E-state index contributed by atoms with van der Waals surface area (Å²) in [5.41, 5.74) is 0. The van der Waals surface area contributed by atoms with Crippen LogP contribution in [-0.2, 0) is 4.79 Å². The third-order valence-electron chi connectivity index (χ3n) is 2.43. The number of amides is 1. The van der Waals surface area contributed by atoms with Crippen LogP contribution in [0.5, 0.6) is 5.75 Å². The molecule has 1 N–H and O–H groups in total. The number of ether oxygens (including phenoxy) is 1. The third kappa shape index (κ3) is 5.68. The first-order valence-electron chi connectivity index (χ1n) is 5.94. The maximum absolute atomic E-state index is 11.8. The molecule has 1 aromatic rings. The van der Waals surface area contributed by atoms with Crippen molar-refractivity contribution in [2.24, 2.45) is 0 Å². The summed E-state index contributed by atoms with van der Waals surface area (Å²) in [5, 5.41) is 3.71. The Labute approximate surface area is 123 Å². The van der Waals surface area contributed by atoms with Gasteiger partial charge in [0.05, 0.1) is 5.02 Å². The first-order chi connectivity index (χ1) is 8.90. The number of hydrogen-bond donors (Lipinski definition) is 1. The molecule has 0 unspecified atom stereocenters. The zero-order valence-electron chi connectivity index (χ0n) is 11.2. The smallest absolute Gasteiger partial charge is 0.260 e. The molecule has 0 heterocycles. The largest absolute Gasteiger partial charge is 0.479 e. The van der Waals surface area contributed by atoms with Gasteiger partial charge in [-0.05, 0) is 39.2 Å². The molecule has 1 amide bonds. The predicted molar refractivity (Wildman–Crippen MR) is 78.1 cm³/mol. The first kappa shape index (κ1) is 16.1. The summed E-state index contributed by atoms with van der Waals surface area (Å²) in [7, 11) is 3.89. The van der Waals surface area contributed by atoms with Crippen LogP contribution in [0.25, 0.3) is 0 Å². The van der Waals surface area contributed by atoms with Crippen LogP contribution in [0, 0.1) is 0 Å². The standard InChI is InChI=1S/C13H18Cl2N2O2/c1-9(13(18)16-6-7-17(2)3)19-12-5-4-10(14)8-11(12)15/h4-5,8-9H,6-7H2,1-3H3,(H,16,18)/t9-/m1/s1. The van der Waals surface area contributed by atoms with Crippen LogP contribution in [0.1, 0.15) is 6.92 Å². The zero-order valence-corrected chi connectivity index (χ0v) is 12.8. The Hall–Kier alpha value is -0.970. The average molecular weight is 305 g/mol. The van der Waals surface area contributed by atoms with Gasteiger partial charge in [0.15, 0.2) is 6.10 Å². The summed E-state index contributed by atoms with van der Waals surface area (Å²) in [4.78, 5) is 13.8. The number of halogens is 2. The Morgan fingerprint density at radius 1 is 1.42 bits per heavy atom. The van der Waals surface area contributed by atoms with Crippen LogP contribution in [0.2, 0.25) is 10.0 Å². The maximum atomic E-state index is 11.8. The van der Waals surface area contributed by atoms with E-state index in [1.54, 1.807) is 25.1 Å². The zero-order chi connectivity index (χ0) is 14.4. The quantitative estimate of drug-likeness (QED) is 0.878. The van der Waals surface area contributed by atoms with Gasteiger partial charge in [-0.1, -0.05) is 23.2 Å². The fourth-order valence-electron chi connectivity index (χ4n) is 1.36. The second-order valence-electron chi connectivity index (χ2n) is 4.43. The summed E-state index contributed by atoms with van der Waals surface area (Å²) in [5.74, 6) is 0.272. The number of rotatable bonds is 6. The third-order valence-corrected chi connectivity index (χ3v) is 2.96. The molecular weight excluding hydrogens is 287 g/mol. The van der Waals surface area contributed by atoms with Crippen molar-refractivity contribution < 1.29 is 9.53 Å². The summed E-state index contributed by atoms with van der Waals surface area (Å²) in [6, 6.07) is 4.89. The normalized spacial score (nSPS) is 12.3. The SMILES string of the molecule is C[C@@H](Oc1ccc(Cl)cc1Cl)C(=O)NCCN(C)C. The van der Waals surface area contributed by atoms with E-state index in [1.165, 1.54) is 0 Å². The van der Waals surface area contributed by atoms with E-state index in [0.29, 0.717) is 22.3 Å². The van der Waals surface area contributed by atoms with Crippen LogP contribution in [0.4, 0.5) is 0 Å². The lowest BCUT2D eigenvalue weighted by Crippen LogP contribution is -2.39. The molecule has 19 heavy (non-hydrogen) atoms. The van der Waals surface area contributed by atoms with Crippen LogP contribution in [-0.4, -0.2) is 44.1 Å². The highest BCUT2D eigenvalue weighted by atomic mass is 35.5. The minimum Gasteiger partial charge on any atom is -0.479 e. The van der Waals surface area contributed by atoms with Crippen molar-refractivity contribution in [1.29, 1.82) is 0 Å². The Balaban J connectivity index is 2.49. The summed E-state index contributed by atoms with van der Waals surface area (Å²) in [6.07, 6.45) is -0.610. The van der Waals surface area contributed by atoms with E-state index in [-0.39, 0.29) is 5.91 Å². The molecule has 106 valence electrons. The van der Waals surface area contributed by atoms with E-state index >= 15 is 0 Å². The number of nitrogens with one attached hydrogen (secondary N) is 1. The molecule has 1 rings (SSSR count). The highest BCUT2D eigenvalue weighted by Crippen LogP contribution is 2.28. The fourth-order valence-corrected chi connectivity index (χ4v) is 1.81. The van der Waals surface area contributed by atoms with Crippen LogP contribution < -0.4 is 10.1 Å². The van der Waals surface area contributed by atoms with Gasteiger partial charge in [0.25, 0.3) is 5.91 Å². The molecule has 1 atom stereocenters. The van der Waals surface area contributed by atoms with Crippen molar-refractivity contribution in [2.75, 3.05) is 27.2 Å². The van der Waals surface area contributed by atoms with Crippen molar-refractivity contribution in [1.82, 2.24) is 10.2 Å². The van der Waals surface area contributed by atoms with Gasteiger partial charge >= 0.3 is 0 Å². The number of carbonyl (C=O) groups excluding carboxylic acids is 1. The lowest BCUT2D eigenvalue weighted by Gasteiger charge is -2.16. The summed E-state index contributed by atoms with van der Waals surface area (Å²) < 4.78 is 5.50. The van der Waals surface area contributed by atoms with Crippen molar-refractivity contribution >= 4 is 29.1 Å². The number of benzene rings is 1. The molecule has 0 fully saturated rings. The molecule has 4 nitrogen and oxygen atoms in total. The number of hydrogen-bond acceptors (Lipinski definition) is 3. The van der Waals surface area contributed by atoms with Crippen LogP contribution in [0.15, 0.2) is 18.2 Å². The van der Waals surface area contributed by atoms with Crippen molar-refractivity contribution in [3.05, 3.63) is 28.2 Å². The molecule has 1 aromatic carbocycles. The lowest BCUT2D eigenvalue weighted by molar-refractivity contribution is -0.127. The van der Waals surface area contributed by atoms with Gasteiger partial charge in [-0.3, -0.25) is 4.79 Å². The van der Waals surface area contributed by atoms with Gasteiger partial charge in [-0.25, -0.2) is 0 Å². The van der Waals surface area contributed by atoms with Crippen molar-refractivity contribution in [3.63, 3.8) is 0 Å². The molecule has 0 radical (unpaired) electrons. The molecule has 0 bridgehead atoms. The van der Waals surface area contributed by atoms with Gasteiger partial charge in [0.2, 0.25) is 0 Å². The van der Waals surface area contributed by atoms with Gasteiger partial charge < -0.3 is 15.0 Å². The number of nitrogens with zero attached hydrogens (tertiary/aromatic N) is 1. The second kappa shape index (κ2) is 7.58. The van der Waals surface area contributed by atoms with Crippen molar-refractivity contribution in [3.8, 4) is 5.75 Å².